The van der Waals surface area contributed by atoms with Gasteiger partial charge < -0.3 is 0 Å². The lowest BCUT2D eigenvalue weighted by Crippen LogP contribution is -2.26. The van der Waals surface area contributed by atoms with Crippen LogP contribution in [-0.4, -0.2) is 17.8 Å². The molecule has 0 aromatic rings. The molecule has 3 heteroatoms. The van der Waals surface area contributed by atoms with Crippen LogP contribution in [0.25, 0.3) is 0 Å². The molecule has 1 aliphatic rings. The molecule has 1 saturated heterocycles. The topological polar surface area (TPSA) is 27.1 Å². The number of piperidine rings is 1. The van der Waals surface area contributed by atoms with E-state index in [9.17, 15) is 0 Å². The second kappa shape index (κ2) is 3.28. The number of rotatable bonds is 1. The molecule has 0 aromatic heterocycles. The zero-order valence-electron chi connectivity index (χ0n) is 5.80. The lowest BCUT2D eigenvalue weighted by atomic mass is 10.0. The number of nitrogens with one attached hydrogen (secondary N) is 1. The van der Waals surface area contributed by atoms with E-state index in [1.165, 1.54) is 12.8 Å². The highest BCUT2D eigenvalue weighted by molar-refractivity contribution is 7.22. The molecule has 1 aliphatic heterocycles. The highest BCUT2D eigenvalue weighted by Gasteiger charge is 2.13. The van der Waals surface area contributed by atoms with Gasteiger partial charge in [-0.25, -0.2) is 4.67 Å². The van der Waals surface area contributed by atoms with Crippen LogP contribution in [0, 0.1) is 11.1 Å². The van der Waals surface area contributed by atoms with Gasteiger partial charge in [0.1, 0.15) is 0 Å². The molecule has 1 atom stereocenters. The summed E-state index contributed by atoms with van der Waals surface area (Å²) in [6, 6.07) is 0. The maximum Gasteiger partial charge on any atom is 0.0903 e. The van der Waals surface area contributed by atoms with Crippen LogP contribution >= 0.6 is 8.52 Å². The van der Waals surface area contributed by atoms with Crippen molar-refractivity contribution in [2.45, 2.75) is 19.8 Å². The van der Waals surface area contributed by atoms with E-state index < -0.39 is 0 Å². The summed E-state index contributed by atoms with van der Waals surface area (Å²) in [4.78, 5) is 0. The Morgan fingerprint density at radius 2 is 2.44 bits per heavy atom. The number of hydrogen-bond donors (Lipinski definition) is 1. The van der Waals surface area contributed by atoms with Gasteiger partial charge in [-0.3, -0.25) is 5.16 Å². The van der Waals surface area contributed by atoms with Gasteiger partial charge in [0.2, 0.25) is 0 Å². The van der Waals surface area contributed by atoms with E-state index >= 15 is 0 Å². The minimum atomic E-state index is 0.705. The fourth-order valence-corrected chi connectivity index (χ4v) is 1.86. The predicted octanol–water partition coefficient (Wildman–Crippen LogP) is 2.34. The predicted molar refractivity (Wildman–Crippen MR) is 39.6 cm³/mol. The monoisotopic (exact) mass is 144 g/mol. The van der Waals surface area contributed by atoms with Crippen molar-refractivity contribution in [3.05, 3.63) is 0 Å². The van der Waals surface area contributed by atoms with E-state index in [0.29, 0.717) is 8.52 Å². The Morgan fingerprint density at radius 3 is 2.89 bits per heavy atom. The largest absolute Gasteiger partial charge is 0.269 e. The minimum Gasteiger partial charge on any atom is -0.269 e. The second-order valence-electron chi connectivity index (χ2n) is 2.76. The third-order valence-corrected chi connectivity index (χ3v) is 2.42. The van der Waals surface area contributed by atoms with Crippen molar-refractivity contribution >= 4 is 8.52 Å². The van der Waals surface area contributed by atoms with Crippen molar-refractivity contribution in [3.8, 4) is 0 Å². The van der Waals surface area contributed by atoms with Gasteiger partial charge in [-0.1, -0.05) is 6.92 Å². The van der Waals surface area contributed by atoms with E-state index in [4.69, 9.17) is 5.16 Å². The fraction of sp³-hybridized carbons (Fsp3) is 1.00. The molecule has 52 valence electrons. The summed E-state index contributed by atoms with van der Waals surface area (Å²) in [7, 11) is 0.705. The lowest BCUT2D eigenvalue weighted by Gasteiger charge is -2.25. The highest BCUT2D eigenvalue weighted by Crippen LogP contribution is 2.20. The molecule has 1 N–H and O–H groups in total. The van der Waals surface area contributed by atoms with E-state index in [1.807, 2.05) is 0 Å². The summed E-state index contributed by atoms with van der Waals surface area (Å²) in [5, 5.41) is 7.09. The highest BCUT2D eigenvalue weighted by atomic mass is 31.1. The zero-order valence-corrected chi connectivity index (χ0v) is 6.69. The summed E-state index contributed by atoms with van der Waals surface area (Å²) < 4.78 is 2.17. The summed E-state index contributed by atoms with van der Waals surface area (Å²) in [6.07, 6.45) is 2.64. The maximum atomic E-state index is 7.09. The van der Waals surface area contributed by atoms with E-state index in [0.717, 1.165) is 19.0 Å². The van der Waals surface area contributed by atoms with Crippen LogP contribution in [0.3, 0.4) is 0 Å². The molecule has 0 aliphatic carbocycles. The van der Waals surface area contributed by atoms with Gasteiger partial charge >= 0.3 is 0 Å². The fourth-order valence-electron chi connectivity index (χ4n) is 1.26. The average molecular weight is 144 g/mol. The lowest BCUT2D eigenvalue weighted by molar-refractivity contribution is 0.299. The van der Waals surface area contributed by atoms with Crippen LogP contribution in [-0.2, 0) is 0 Å². The molecular formula is C6H13N2P. The molecule has 1 heterocycles. The molecule has 0 spiro atoms. The molecule has 1 rings (SSSR count). The first-order valence-electron chi connectivity index (χ1n) is 3.45. The smallest absolute Gasteiger partial charge is 0.0903 e. The van der Waals surface area contributed by atoms with Gasteiger partial charge in [-0.15, -0.1) is 0 Å². The maximum absolute atomic E-state index is 7.09. The Bertz CT molecular complexity index is 105. The zero-order chi connectivity index (χ0) is 6.69. The first kappa shape index (κ1) is 7.17. The molecule has 0 amide bonds. The SMILES string of the molecule is C[C@@H]1CCCN(P=N)C1. The quantitative estimate of drug-likeness (QED) is 0.562. The van der Waals surface area contributed by atoms with E-state index in [2.05, 4.69) is 11.6 Å². The Kier molecular flexibility index (Phi) is 2.62. The molecule has 1 fully saturated rings. The number of nitrogens with zero attached hydrogens (tertiary/aromatic N) is 1. The molecule has 2 nitrogen and oxygen atoms in total. The van der Waals surface area contributed by atoms with Crippen LogP contribution in [0.1, 0.15) is 19.8 Å². The Balaban J connectivity index is 2.31. The molecule has 9 heavy (non-hydrogen) atoms. The molecule has 0 aromatic carbocycles. The van der Waals surface area contributed by atoms with Crippen molar-refractivity contribution in [2.24, 2.45) is 5.92 Å². The van der Waals surface area contributed by atoms with Crippen LogP contribution in [0.15, 0.2) is 0 Å². The summed E-state index contributed by atoms with van der Waals surface area (Å²) >= 11 is 0. The summed E-state index contributed by atoms with van der Waals surface area (Å²) in [5.41, 5.74) is 0. The van der Waals surface area contributed by atoms with Crippen molar-refractivity contribution in [1.29, 1.82) is 5.16 Å². The average Bonchev–Trinajstić information content (AvgIpc) is 1.88. The first-order valence-corrected chi connectivity index (χ1v) is 4.30. The third kappa shape index (κ3) is 2.04. The van der Waals surface area contributed by atoms with E-state index in [1.54, 1.807) is 0 Å². The van der Waals surface area contributed by atoms with Crippen LogP contribution in [0.5, 0.6) is 0 Å². The standard InChI is InChI=1S/C6H13N2P/c1-6-3-2-4-8(5-6)9-7/h6-7H,2-5H2,1H3/t6-/m1/s1. The summed E-state index contributed by atoms with van der Waals surface area (Å²) in [6.45, 7) is 4.53. The first-order chi connectivity index (χ1) is 4.33. The van der Waals surface area contributed by atoms with Crippen LogP contribution < -0.4 is 0 Å². The molecule has 0 unspecified atom stereocenters. The van der Waals surface area contributed by atoms with Gasteiger partial charge in [0.05, 0.1) is 8.52 Å². The Hall–Kier alpha value is 0.0600. The van der Waals surface area contributed by atoms with Crippen LogP contribution in [0.2, 0.25) is 0 Å². The molecule has 0 bridgehead atoms. The molecular weight excluding hydrogens is 131 g/mol. The van der Waals surface area contributed by atoms with Crippen molar-refractivity contribution in [3.63, 3.8) is 0 Å². The Morgan fingerprint density at radius 1 is 1.67 bits per heavy atom. The van der Waals surface area contributed by atoms with E-state index in [-0.39, 0.29) is 0 Å². The van der Waals surface area contributed by atoms with Crippen LogP contribution in [0.4, 0.5) is 0 Å². The van der Waals surface area contributed by atoms with Crippen molar-refractivity contribution in [2.75, 3.05) is 13.1 Å². The van der Waals surface area contributed by atoms with Gasteiger partial charge in [0, 0.05) is 13.1 Å². The van der Waals surface area contributed by atoms with Crippen molar-refractivity contribution < 1.29 is 0 Å². The second-order valence-corrected chi connectivity index (χ2v) is 3.53. The normalized spacial score (nSPS) is 31.0. The Labute approximate surface area is 58.0 Å². The summed E-state index contributed by atoms with van der Waals surface area (Å²) in [5.74, 6) is 0.816. The van der Waals surface area contributed by atoms with Gasteiger partial charge in [0.15, 0.2) is 0 Å². The van der Waals surface area contributed by atoms with Crippen molar-refractivity contribution in [1.82, 2.24) is 4.67 Å². The number of hydrogen-bond acceptors (Lipinski definition) is 1. The molecule has 0 saturated carbocycles. The third-order valence-electron chi connectivity index (χ3n) is 1.78. The van der Waals surface area contributed by atoms with Gasteiger partial charge in [-0.05, 0) is 18.8 Å². The van der Waals surface area contributed by atoms with Gasteiger partial charge in [-0.2, -0.15) is 0 Å². The van der Waals surface area contributed by atoms with Gasteiger partial charge in [0.25, 0.3) is 0 Å². The minimum absolute atomic E-state index is 0.705. The molecule has 0 radical (unpaired) electrons.